The minimum absolute atomic E-state index is 0. The zero-order valence-corrected chi connectivity index (χ0v) is 12.6. The van der Waals surface area contributed by atoms with E-state index in [2.05, 4.69) is 10.2 Å². The van der Waals surface area contributed by atoms with E-state index in [-0.39, 0.29) is 17.3 Å². The molecule has 1 aromatic heterocycles. The fraction of sp³-hybridized carbons (Fsp3) is 0.750. The predicted octanol–water partition coefficient (Wildman–Crippen LogP) is 1.32. The van der Waals surface area contributed by atoms with Crippen LogP contribution in [0.15, 0.2) is 10.2 Å². The van der Waals surface area contributed by atoms with Crippen LogP contribution in [0.5, 0.6) is 0 Å². The topological polar surface area (TPSA) is 37.3 Å². The number of likely N-dealkylation sites (tertiary alicyclic amines) is 1. The van der Waals surface area contributed by atoms with Gasteiger partial charge in [-0.2, -0.15) is 0 Å². The van der Waals surface area contributed by atoms with E-state index in [0.29, 0.717) is 6.04 Å². The van der Waals surface area contributed by atoms with Gasteiger partial charge in [0.05, 0.1) is 0 Å². The molecule has 0 aromatic carbocycles. The lowest BCUT2D eigenvalue weighted by Crippen LogP contribution is -2.45. The number of aryl methyl sites for hydroxylation is 1. The van der Waals surface area contributed by atoms with Gasteiger partial charge in [0, 0.05) is 36.8 Å². The summed E-state index contributed by atoms with van der Waals surface area (Å²) < 4.78 is 1.88. The van der Waals surface area contributed by atoms with Crippen LogP contribution < -0.4 is 10.2 Å². The molecule has 1 aromatic rings. The quantitative estimate of drug-likeness (QED) is 0.909. The van der Waals surface area contributed by atoms with Gasteiger partial charge in [0.1, 0.15) is 0 Å². The molecular formula is C12H22ClN3OS. The molecule has 0 aliphatic carbocycles. The van der Waals surface area contributed by atoms with Crippen molar-refractivity contribution >= 4 is 23.7 Å². The molecule has 1 fully saturated rings. The van der Waals surface area contributed by atoms with Crippen LogP contribution in [0.3, 0.4) is 0 Å². The lowest BCUT2D eigenvalue weighted by molar-refractivity contribution is 0.188. The van der Waals surface area contributed by atoms with Crippen molar-refractivity contribution in [1.82, 2.24) is 14.8 Å². The van der Waals surface area contributed by atoms with E-state index in [9.17, 15) is 4.79 Å². The van der Waals surface area contributed by atoms with Crippen molar-refractivity contribution in [2.24, 2.45) is 0 Å². The van der Waals surface area contributed by atoms with Crippen molar-refractivity contribution < 1.29 is 0 Å². The summed E-state index contributed by atoms with van der Waals surface area (Å²) in [5.41, 5.74) is 1.09. The van der Waals surface area contributed by atoms with Gasteiger partial charge >= 0.3 is 4.87 Å². The van der Waals surface area contributed by atoms with Crippen LogP contribution in [0.2, 0.25) is 0 Å². The first-order valence-electron chi connectivity index (χ1n) is 6.25. The SMILES string of the molecule is CNC1CCCN(CCn2c(C)csc2=O)C1.Cl. The minimum Gasteiger partial charge on any atom is -0.316 e. The molecule has 0 radical (unpaired) electrons. The van der Waals surface area contributed by atoms with Gasteiger partial charge in [0.25, 0.3) is 0 Å². The van der Waals surface area contributed by atoms with E-state index in [1.165, 1.54) is 24.2 Å². The Morgan fingerprint density at radius 2 is 2.28 bits per heavy atom. The van der Waals surface area contributed by atoms with E-state index in [1.807, 2.05) is 23.9 Å². The van der Waals surface area contributed by atoms with Crippen molar-refractivity contribution in [2.45, 2.75) is 32.4 Å². The van der Waals surface area contributed by atoms with Crippen LogP contribution in [0.25, 0.3) is 0 Å². The Balaban J connectivity index is 0.00000162. The van der Waals surface area contributed by atoms with Crippen LogP contribution in [-0.2, 0) is 6.54 Å². The van der Waals surface area contributed by atoms with Gasteiger partial charge in [-0.15, -0.1) is 12.4 Å². The van der Waals surface area contributed by atoms with E-state index in [1.54, 1.807) is 0 Å². The zero-order valence-electron chi connectivity index (χ0n) is 11.0. The second kappa shape index (κ2) is 7.28. The standard InChI is InChI=1S/C12H21N3OS.ClH/c1-10-9-17-12(16)15(10)7-6-14-5-3-4-11(8-14)13-2;/h9,11,13H,3-8H2,1-2H3;1H. The summed E-state index contributed by atoms with van der Waals surface area (Å²) in [7, 11) is 2.03. The predicted molar refractivity (Wildman–Crippen MR) is 79.1 cm³/mol. The van der Waals surface area contributed by atoms with Gasteiger partial charge in [-0.25, -0.2) is 0 Å². The molecule has 1 unspecified atom stereocenters. The lowest BCUT2D eigenvalue weighted by Gasteiger charge is -2.32. The Hall–Kier alpha value is -0.360. The fourth-order valence-corrected chi connectivity index (χ4v) is 3.17. The van der Waals surface area contributed by atoms with Crippen molar-refractivity contribution in [3.8, 4) is 0 Å². The molecule has 6 heteroatoms. The molecule has 1 aliphatic rings. The Morgan fingerprint density at radius 3 is 2.89 bits per heavy atom. The van der Waals surface area contributed by atoms with Gasteiger partial charge in [-0.1, -0.05) is 11.3 Å². The monoisotopic (exact) mass is 291 g/mol. The highest BCUT2D eigenvalue weighted by Crippen LogP contribution is 2.10. The van der Waals surface area contributed by atoms with Gasteiger partial charge < -0.3 is 14.8 Å². The molecule has 4 nitrogen and oxygen atoms in total. The summed E-state index contributed by atoms with van der Waals surface area (Å²) in [5.74, 6) is 0. The summed E-state index contributed by atoms with van der Waals surface area (Å²) >= 11 is 1.30. The van der Waals surface area contributed by atoms with E-state index >= 15 is 0 Å². The molecule has 1 aliphatic heterocycles. The zero-order chi connectivity index (χ0) is 12.3. The van der Waals surface area contributed by atoms with Crippen molar-refractivity contribution in [3.05, 3.63) is 20.7 Å². The molecule has 0 bridgehead atoms. The van der Waals surface area contributed by atoms with Crippen molar-refractivity contribution in [2.75, 3.05) is 26.7 Å². The molecule has 0 saturated carbocycles. The average Bonchev–Trinajstić information content (AvgIpc) is 2.67. The van der Waals surface area contributed by atoms with Crippen LogP contribution in [0.1, 0.15) is 18.5 Å². The van der Waals surface area contributed by atoms with Crippen molar-refractivity contribution in [3.63, 3.8) is 0 Å². The first-order valence-corrected chi connectivity index (χ1v) is 7.13. The highest BCUT2D eigenvalue weighted by atomic mass is 35.5. The Labute approximate surface area is 118 Å². The Bertz CT molecular complexity index is 418. The molecule has 1 N–H and O–H groups in total. The average molecular weight is 292 g/mol. The maximum atomic E-state index is 11.6. The van der Waals surface area contributed by atoms with Gasteiger partial charge in [-0.3, -0.25) is 4.79 Å². The fourth-order valence-electron chi connectivity index (χ4n) is 2.41. The number of aromatic nitrogens is 1. The summed E-state index contributed by atoms with van der Waals surface area (Å²) in [6, 6.07) is 0.615. The van der Waals surface area contributed by atoms with Gasteiger partial charge in [0.15, 0.2) is 0 Å². The number of nitrogens with zero attached hydrogens (tertiary/aromatic N) is 2. The van der Waals surface area contributed by atoms with Crippen LogP contribution >= 0.6 is 23.7 Å². The molecule has 1 saturated heterocycles. The van der Waals surface area contributed by atoms with Gasteiger partial charge in [0.2, 0.25) is 0 Å². The molecule has 0 amide bonds. The minimum atomic E-state index is 0. The third-order valence-electron chi connectivity index (χ3n) is 3.53. The Morgan fingerprint density at radius 1 is 1.50 bits per heavy atom. The number of rotatable bonds is 4. The van der Waals surface area contributed by atoms with E-state index < -0.39 is 0 Å². The third kappa shape index (κ3) is 3.82. The second-order valence-corrected chi connectivity index (χ2v) is 5.54. The molecule has 18 heavy (non-hydrogen) atoms. The maximum absolute atomic E-state index is 11.6. The van der Waals surface area contributed by atoms with Crippen LogP contribution in [0.4, 0.5) is 0 Å². The first kappa shape index (κ1) is 15.7. The molecule has 104 valence electrons. The Kier molecular flexibility index (Phi) is 6.35. The van der Waals surface area contributed by atoms with Crippen molar-refractivity contribution in [1.29, 1.82) is 0 Å². The molecular weight excluding hydrogens is 270 g/mol. The number of halogens is 1. The summed E-state index contributed by atoms with van der Waals surface area (Å²) in [6.07, 6.45) is 2.52. The highest BCUT2D eigenvalue weighted by molar-refractivity contribution is 7.07. The lowest BCUT2D eigenvalue weighted by atomic mass is 10.1. The van der Waals surface area contributed by atoms with E-state index in [0.717, 1.165) is 31.9 Å². The third-order valence-corrected chi connectivity index (χ3v) is 4.41. The number of thiazole rings is 1. The smallest absolute Gasteiger partial charge is 0.307 e. The second-order valence-electron chi connectivity index (χ2n) is 4.72. The largest absolute Gasteiger partial charge is 0.316 e. The number of hydrogen-bond acceptors (Lipinski definition) is 4. The molecule has 2 rings (SSSR count). The maximum Gasteiger partial charge on any atom is 0.307 e. The molecule has 0 spiro atoms. The van der Waals surface area contributed by atoms with Gasteiger partial charge in [-0.05, 0) is 33.4 Å². The summed E-state index contributed by atoms with van der Waals surface area (Å²) in [5, 5.41) is 5.28. The first-order chi connectivity index (χ1) is 8.20. The number of piperidine rings is 1. The molecule has 1 atom stereocenters. The summed E-state index contributed by atoms with van der Waals surface area (Å²) in [4.78, 5) is 14.2. The number of nitrogens with one attached hydrogen (secondary N) is 1. The van der Waals surface area contributed by atoms with Crippen LogP contribution in [-0.4, -0.2) is 42.2 Å². The van der Waals surface area contributed by atoms with Crippen LogP contribution in [0, 0.1) is 6.92 Å². The normalized spacial score (nSPS) is 20.7. The highest BCUT2D eigenvalue weighted by Gasteiger charge is 2.18. The number of likely N-dealkylation sites (N-methyl/N-ethyl adjacent to an activating group) is 1. The number of hydrogen-bond donors (Lipinski definition) is 1. The summed E-state index contributed by atoms with van der Waals surface area (Å²) in [6.45, 7) is 6.08. The van der Waals surface area contributed by atoms with E-state index in [4.69, 9.17) is 0 Å². The molecule has 2 heterocycles.